The standard InChI is InChI=1S/C20H21FN4O/c1-25-10-8-13(9-11-25)16-12-22-17-6-7-18(24-19(16)17)20(26)23-15-4-2-14(21)3-5-15/h2-7,12-13,24H,8-11H2,1H3,(H,23,26). The maximum atomic E-state index is 13.0. The van der Waals surface area contributed by atoms with Crippen LogP contribution in [0.1, 0.15) is 34.8 Å². The molecule has 1 aromatic carbocycles. The summed E-state index contributed by atoms with van der Waals surface area (Å²) < 4.78 is 13.0. The molecular formula is C20H21FN4O. The van der Waals surface area contributed by atoms with Crippen LogP contribution in [0.25, 0.3) is 11.4 Å². The molecule has 134 valence electrons. The lowest BCUT2D eigenvalue weighted by Gasteiger charge is -2.29. The fraction of sp³-hybridized carbons (Fsp3) is 0.300. The summed E-state index contributed by atoms with van der Waals surface area (Å²) >= 11 is 0. The van der Waals surface area contributed by atoms with Crippen LogP contribution in [-0.2, 0) is 0 Å². The summed E-state index contributed by atoms with van der Waals surface area (Å²) in [5.41, 5.74) is 4.01. The molecule has 1 amide bonds. The second-order valence-electron chi connectivity index (χ2n) is 6.88. The van der Waals surface area contributed by atoms with Crippen LogP contribution in [0.3, 0.4) is 0 Å². The van der Waals surface area contributed by atoms with E-state index in [4.69, 9.17) is 0 Å². The normalized spacial score (nSPS) is 16.1. The number of anilines is 1. The van der Waals surface area contributed by atoms with E-state index in [0.717, 1.165) is 37.3 Å². The molecule has 26 heavy (non-hydrogen) atoms. The van der Waals surface area contributed by atoms with Crippen LogP contribution in [0.2, 0.25) is 0 Å². The molecule has 5 nitrogen and oxygen atoms in total. The summed E-state index contributed by atoms with van der Waals surface area (Å²) in [5.74, 6) is -0.126. The molecular weight excluding hydrogens is 331 g/mol. The van der Waals surface area contributed by atoms with E-state index in [9.17, 15) is 9.18 Å². The maximum Gasteiger partial charge on any atom is 0.272 e. The second-order valence-corrected chi connectivity index (χ2v) is 6.88. The number of piperidine rings is 1. The highest BCUT2D eigenvalue weighted by atomic mass is 19.1. The van der Waals surface area contributed by atoms with Gasteiger partial charge in [-0.05, 0) is 80.9 Å². The molecule has 0 bridgehead atoms. The monoisotopic (exact) mass is 352 g/mol. The first-order valence-electron chi connectivity index (χ1n) is 8.83. The lowest BCUT2D eigenvalue weighted by Crippen LogP contribution is -2.29. The number of nitrogens with zero attached hydrogens (tertiary/aromatic N) is 2. The third-order valence-corrected chi connectivity index (χ3v) is 5.06. The molecule has 4 rings (SSSR count). The van der Waals surface area contributed by atoms with Gasteiger partial charge in [0, 0.05) is 11.9 Å². The molecule has 2 N–H and O–H groups in total. The minimum atomic E-state index is -0.332. The van der Waals surface area contributed by atoms with Crippen molar-refractivity contribution in [3.05, 3.63) is 59.7 Å². The Balaban J connectivity index is 1.58. The number of rotatable bonds is 3. The van der Waals surface area contributed by atoms with Crippen molar-refractivity contribution in [1.29, 1.82) is 0 Å². The summed E-state index contributed by atoms with van der Waals surface area (Å²) in [6.07, 6.45) is 4.12. The third kappa shape index (κ3) is 3.32. The maximum absolute atomic E-state index is 13.0. The number of nitrogens with one attached hydrogen (secondary N) is 2. The number of hydrogen-bond acceptors (Lipinski definition) is 3. The third-order valence-electron chi connectivity index (χ3n) is 5.06. The van der Waals surface area contributed by atoms with Crippen LogP contribution in [0.4, 0.5) is 10.1 Å². The van der Waals surface area contributed by atoms with E-state index >= 15 is 0 Å². The highest BCUT2D eigenvalue weighted by Gasteiger charge is 2.24. The minimum Gasteiger partial charge on any atom is -0.349 e. The fourth-order valence-corrected chi connectivity index (χ4v) is 3.51. The minimum absolute atomic E-state index is 0.256. The SMILES string of the molecule is CN1CCC(c2cnc3ccc(C(=O)Nc4ccc(F)cc4)[nH]c2-3)CC1. The number of carbonyl (C=O) groups excluding carboxylic acids is 1. The number of halogens is 1. The Kier molecular flexibility index (Phi) is 4.42. The summed E-state index contributed by atoms with van der Waals surface area (Å²) in [6, 6.07) is 9.32. The molecule has 0 atom stereocenters. The lowest BCUT2D eigenvalue weighted by molar-refractivity contribution is 0.102. The van der Waals surface area contributed by atoms with Gasteiger partial charge in [0.15, 0.2) is 0 Å². The van der Waals surface area contributed by atoms with Gasteiger partial charge in [0.05, 0.1) is 11.4 Å². The number of fused-ring (bicyclic) bond motifs is 1. The highest BCUT2D eigenvalue weighted by Crippen LogP contribution is 2.35. The molecule has 0 radical (unpaired) electrons. The summed E-state index contributed by atoms with van der Waals surface area (Å²) in [5, 5.41) is 2.78. The average Bonchev–Trinajstić information content (AvgIpc) is 3.07. The first-order chi connectivity index (χ1) is 12.6. The number of H-pyrrole nitrogens is 1. The Bertz CT molecular complexity index is 881. The molecule has 1 fully saturated rings. The molecule has 1 saturated heterocycles. The van der Waals surface area contributed by atoms with E-state index in [2.05, 4.69) is 27.2 Å². The topological polar surface area (TPSA) is 61.0 Å². The smallest absolute Gasteiger partial charge is 0.272 e. The van der Waals surface area contributed by atoms with Gasteiger partial charge < -0.3 is 15.2 Å². The van der Waals surface area contributed by atoms with Gasteiger partial charge in [0.25, 0.3) is 5.91 Å². The molecule has 1 aromatic rings. The van der Waals surface area contributed by atoms with E-state index in [0.29, 0.717) is 17.3 Å². The molecule has 0 aromatic heterocycles. The van der Waals surface area contributed by atoms with Gasteiger partial charge in [-0.25, -0.2) is 4.39 Å². The number of aromatic amines is 1. The first kappa shape index (κ1) is 16.7. The molecule has 0 saturated carbocycles. The Morgan fingerprint density at radius 2 is 1.92 bits per heavy atom. The van der Waals surface area contributed by atoms with Crippen molar-refractivity contribution >= 4 is 11.6 Å². The van der Waals surface area contributed by atoms with Crippen molar-refractivity contribution in [2.75, 3.05) is 25.5 Å². The average molecular weight is 352 g/mol. The molecule has 0 unspecified atom stereocenters. The fourth-order valence-electron chi connectivity index (χ4n) is 3.51. The van der Waals surface area contributed by atoms with E-state index < -0.39 is 0 Å². The van der Waals surface area contributed by atoms with Gasteiger partial charge in [-0.1, -0.05) is 0 Å². The van der Waals surface area contributed by atoms with Crippen molar-refractivity contribution in [2.45, 2.75) is 18.8 Å². The Hall–Kier alpha value is -2.73. The van der Waals surface area contributed by atoms with Crippen molar-refractivity contribution in [2.24, 2.45) is 0 Å². The zero-order chi connectivity index (χ0) is 18.1. The molecule has 3 aliphatic rings. The van der Waals surface area contributed by atoms with Crippen molar-refractivity contribution in [1.82, 2.24) is 14.9 Å². The number of benzene rings is 1. The van der Waals surface area contributed by atoms with Gasteiger partial charge >= 0.3 is 0 Å². The van der Waals surface area contributed by atoms with Crippen LogP contribution in [-0.4, -0.2) is 40.9 Å². The van der Waals surface area contributed by atoms with Crippen LogP contribution in [0.15, 0.2) is 42.6 Å². The van der Waals surface area contributed by atoms with Crippen LogP contribution in [0.5, 0.6) is 0 Å². The molecule has 3 heterocycles. The summed E-state index contributed by atoms with van der Waals surface area (Å²) in [4.78, 5) is 22.6. The molecule has 3 aliphatic heterocycles. The van der Waals surface area contributed by atoms with Crippen LogP contribution in [0, 0.1) is 5.82 Å². The number of likely N-dealkylation sites (tertiary alicyclic amines) is 1. The van der Waals surface area contributed by atoms with Crippen molar-refractivity contribution in [3.8, 4) is 11.4 Å². The van der Waals surface area contributed by atoms with E-state index in [-0.39, 0.29) is 11.7 Å². The van der Waals surface area contributed by atoms with Gasteiger partial charge in [0.2, 0.25) is 0 Å². The van der Waals surface area contributed by atoms with Crippen LogP contribution >= 0.6 is 0 Å². The highest BCUT2D eigenvalue weighted by molar-refractivity contribution is 6.03. The van der Waals surface area contributed by atoms with Gasteiger partial charge in [-0.2, -0.15) is 0 Å². The van der Waals surface area contributed by atoms with Crippen LogP contribution < -0.4 is 5.32 Å². The number of pyridine rings is 1. The van der Waals surface area contributed by atoms with Crippen molar-refractivity contribution in [3.63, 3.8) is 0 Å². The van der Waals surface area contributed by atoms with E-state index in [1.165, 1.54) is 17.7 Å². The summed E-state index contributed by atoms with van der Waals surface area (Å²) in [7, 11) is 2.14. The predicted octanol–water partition coefficient (Wildman–Crippen LogP) is 3.72. The largest absolute Gasteiger partial charge is 0.349 e. The Morgan fingerprint density at radius 3 is 2.65 bits per heavy atom. The Morgan fingerprint density at radius 1 is 1.19 bits per heavy atom. The second kappa shape index (κ2) is 6.88. The van der Waals surface area contributed by atoms with E-state index in [1.807, 2.05) is 12.3 Å². The van der Waals surface area contributed by atoms with Crippen molar-refractivity contribution < 1.29 is 9.18 Å². The lowest BCUT2D eigenvalue weighted by atomic mass is 9.89. The number of aromatic nitrogens is 2. The predicted molar refractivity (Wildman–Crippen MR) is 99.0 cm³/mol. The molecule has 6 heteroatoms. The number of carbonyl (C=O) groups is 1. The summed E-state index contributed by atoms with van der Waals surface area (Å²) in [6.45, 7) is 2.14. The van der Waals surface area contributed by atoms with Gasteiger partial charge in [0.1, 0.15) is 11.5 Å². The zero-order valence-corrected chi connectivity index (χ0v) is 14.6. The van der Waals surface area contributed by atoms with Gasteiger partial charge in [-0.15, -0.1) is 0 Å². The Labute approximate surface area is 151 Å². The quantitative estimate of drug-likeness (QED) is 0.755. The number of hydrogen-bond donors (Lipinski definition) is 2. The van der Waals surface area contributed by atoms with E-state index in [1.54, 1.807) is 18.2 Å². The molecule has 0 spiro atoms. The number of amides is 1. The molecule has 0 aliphatic carbocycles. The zero-order valence-electron chi connectivity index (χ0n) is 14.6. The first-order valence-corrected chi connectivity index (χ1v) is 8.83. The van der Waals surface area contributed by atoms with Gasteiger partial charge in [-0.3, -0.25) is 9.78 Å².